The molecule has 0 aliphatic carbocycles. The number of amides is 1. The second kappa shape index (κ2) is 9.74. The number of benzene rings is 3. The van der Waals surface area contributed by atoms with Gasteiger partial charge in [0, 0.05) is 17.5 Å². The van der Waals surface area contributed by atoms with Crippen molar-refractivity contribution in [2.45, 2.75) is 39.5 Å². The first-order valence-corrected chi connectivity index (χ1v) is 11.4. The normalized spacial score (nSPS) is 12.2. The molecule has 1 atom stereocenters. The van der Waals surface area contributed by atoms with Gasteiger partial charge in [-0.25, -0.2) is 4.98 Å². The minimum atomic E-state index is -0.0185. The van der Waals surface area contributed by atoms with Crippen molar-refractivity contribution in [1.82, 2.24) is 10.3 Å². The quantitative estimate of drug-likeness (QED) is 0.340. The Hall–Kier alpha value is -3.20. The fourth-order valence-electron chi connectivity index (χ4n) is 4.23. The molecule has 3 nitrogen and oxygen atoms in total. The molecule has 0 fully saturated rings. The lowest BCUT2D eigenvalue weighted by Gasteiger charge is -2.16. The molecule has 1 heterocycles. The zero-order valence-corrected chi connectivity index (χ0v) is 18.4. The van der Waals surface area contributed by atoms with Crippen LogP contribution < -0.4 is 5.32 Å². The van der Waals surface area contributed by atoms with Gasteiger partial charge in [-0.15, -0.1) is 0 Å². The van der Waals surface area contributed by atoms with Gasteiger partial charge in [0.25, 0.3) is 5.91 Å². The maximum Gasteiger partial charge on any atom is 0.252 e. The van der Waals surface area contributed by atoms with Crippen molar-refractivity contribution in [3.05, 3.63) is 78.4 Å². The molecule has 4 aromatic rings. The molecule has 0 bridgehead atoms. The SMILES string of the molecule is CCCC[C@H](CC)CNC(=O)c1cc(-c2cccc3ccccc23)nc2ccccc12. The highest BCUT2D eigenvalue weighted by atomic mass is 16.1. The monoisotopic (exact) mass is 410 g/mol. The Bertz CT molecular complexity index is 1190. The van der Waals surface area contributed by atoms with Gasteiger partial charge in [0.15, 0.2) is 0 Å². The summed E-state index contributed by atoms with van der Waals surface area (Å²) in [5.41, 5.74) is 3.42. The lowest BCUT2D eigenvalue weighted by molar-refractivity contribution is 0.0947. The van der Waals surface area contributed by atoms with E-state index in [0.717, 1.165) is 46.9 Å². The van der Waals surface area contributed by atoms with Gasteiger partial charge in [-0.1, -0.05) is 93.8 Å². The van der Waals surface area contributed by atoms with E-state index in [4.69, 9.17) is 4.98 Å². The third-order valence-corrected chi connectivity index (χ3v) is 6.12. The van der Waals surface area contributed by atoms with E-state index in [1.54, 1.807) is 0 Å². The Labute approximate surface area is 184 Å². The summed E-state index contributed by atoms with van der Waals surface area (Å²) in [6.45, 7) is 5.13. The molecule has 31 heavy (non-hydrogen) atoms. The van der Waals surface area contributed by atoms with E-state index >= 15 is 0 Å². The summed E-state index contributed by atoms with van der Waals surface area (Å²) in [5.74, 6) is 0.504. The first-order valence-electron chi connectivity index (χ1n) is 11.4. The van der Waals surface area contributed by atoms with E-state index in [1.807, 2.05) is 48.5 Å². The maximum absolute atomic E-state index is 13.3. The standard InChI is InChI=1S/C28H30N2O/c1-3-5-11-20(4-2)19-29-28(31)25-18-27(30-26-17-9-8-15-24(25)26)23-16-10-13-21-12-6-7-14-22(21)23/h6-10,12-18,20H,3-5,11,19H2,1-2H3,(H,29,31)/t20-/m0/s1. The number of fused-ring (bicyclic) bond motifs is 2. The number of aromatic nitrogens is 1. The zero-order chi connectivity index (χ0) is 21.6. The van der Waals surface area contributed by atoms with E-state index in [0.29, 0.717) is 11.5 Å². The fraction of sp³-hybridized carbons (Fsp3) is 0.286. The van der Waals surface area contributed by atoms with Crippen LogP contribution in [0.1, 0.15) is 49.9 Å². The highest BCUT2D eigenvalue weighted by Gasteiger charge is 2.16. The van der Waals surface area contributed by atoms with Crippen molar-refractivity contribution in [3.8, 4) is 11.3 Å². The number of hydrogen-bond acceptors (Lipinski definition) is 2. The van der Waals surface area contributed by atoms with E-state index in [1.165, 1.54) is 18.2 Å². The van der Waals surface area contributed by atoms with Gasteiger partial charge in [0.2, 0.25) is 0 Å². The molecule has 0 aliphatic rings. The average Bonchev–Trinajstić information content (AvgIpc) is 2.83. The number of rotatable bonds is 8. The Morgan fingerprint density at radius 1 is 0.935 bits per heavy atom. The number of carbonyl (C=O) groups is 1. The topological polar surface area (TPSA) is 42.0 Å². The molecule has 0 aliphatic heterocycles. The number of nitrogens with one attached hydrogen (secondary N) is 1. The molecule has 0 saturated carbocycles. The largest absolute Gasteiger partial charge is 0.352 e. The number of nitrogens with zero attached hydrogens (tertiary/aromatic N) is 1. The molecule has 0 radical (unpaired) electrons. The summed E-state index contributed by atoms with van der Waals surface area (Å²) in [5, 5.41) is 6.41. The summed E-state index contributed by atoms with van der Waals surface area (Å²) < 4.78 is 0. The van der Waals surface area contributed by atoms with Crippen molar-refractivity contribution in [2.24, 2.45) is 5.92 Å². The molecule has 1 N–H and O–H groups in total. The van der Waals surface area contributed by atoms with Crippen LogP contribution in [0.5, 0.6) is 0 Å². The van der Waals surface area contributed by atoms with Crippen LogP contribution in [0.15, 0.2) is 72.8 Å². The number of unbranched alkanes of at least 4 members (excludes halogenated alkanes) is 1. The van der Waals surface area contributed by atoms with Crippen LogP contribution >= 0.6 is 0 Å². The van der Waals surface area contributed by atoms with Crippen molar-refractivity contribution in [1.29, 1.82) is 0 Å². The van der Waals surface area contributed by atoms with E-state index in [-0.39, 0.29) is 5.91 Å². The number of carbonyl (C=O) groups excluding carboxylic acids is 1. The van der Waals surface area contributed by atoms with E-state index in [9.17, 15) is 4.79 Å². The summed E-state index contributed by atoms with van der Waals surface area (Å²) >= 11 is 0. The Morgan fingerprint density at radius 3 is 2.48 bits per heavy atom. The molecule has 1 aromatic heterocycles. The molecule has 1 amide bonds. The predicted molar refractivity (Wildman–Crippen MR) is 130 cm³/mol. The smallest absolute Gasteiger partial charge is 0.252 e. The maximum atomic E-state index is 13.3. The highest BCUT2D eigenvalue weighted by molar-refractivity contribution is 6.08. The predicted octanol–water partition coefficient (Wildman–Crippen LogP) is 7.00. The molecule has 0 spiro atoms. The van der Waals surface area contributed by atoms with Crippen LogP contribution in [0.25, 0.3) is 32.9 Å². The number of para-hydroxylation sites is 1. The first-order chi connectivity index (χ1) is 15.2. The van der Waals surface area contributed by atoms with Crippen molar-refractivity contribution >= 4 is 27.6 Å². The Balaban J connectivity index is 1.72. The summed E-state index contributed by atoms with van der Waals surface area (Å²) in [6.07, 6.45) is 4.63. The van der Waals surface area contributed by atoms with E-state index < -0.39 is 0 Å². The molecule has 158 valence electrons. The molecule has 3 heteroatoms. The second-order valence-electron chi connectivity index (χ2n) is 8.23. The summed E-state index contributed by atoms with van der Waals surface area (Å²) in [4.78, 5) is 18.2. The highest BCUT2D eigenvalue weighted by Crippen LogP contribution is 2.30. The van der Waals surface area contributed by atoms with Gasteiger partial charge in [-0.3, -0.25) is 4.79 Å². The molecular weight excluding hydrogens is 380 g/mol. The van der Waals surface area contributed by atoms with Gasteiger partial charge in [0.1, 0.15) is 0 Å². The van der Waals surface area contributed by atoms with Crippen LogP contribution in [-0.4, -0.2) is 17.4 Å². The minimum Gasteiger partial charge on any atom is -0.352 e. The van der Waals surface area contributed by atoms with Gasteiger partial charge in [-0.2, -0.15) is 0 Å². The van der Waals surface area contributed by atoms with Crippen LogP contribution in [0.3, 0.4) is 0 Å². The summed E-state index contributed by atoms with van der Waals surface area (Å²) in [7, 11) is 0. The van der Waals surface area contributed by atoms with Crippen molar-refractivity contribution in [3.63, 3.8) is 0 Å². The van der Waals surface area contributed by atoms with Crippen molar-refractivity contribution in [2.75, 3.05) is 6.54 Å². The number of hydrogen-bond donors (Lipinski definition) is 1. The van der Waals surface area contributed by atoms with Gasteiger partial charge >= 0.3 is 0 Å². The Kier molecular flexibility index (Phi) is 6.61. The lowest BCUT2D eigenvalue weighted by Crippen LogP contribution is -2.29. The first kappa shape index (κ1) is 21.0. The van der Waals surface area contributed by atoms with Crippen LogP contribution in [-0.2, 0) is 0 Å². The zero-order valence-electron chi connectivity index (χ0n) is 18.4. The number of pyridine rings is 1. The average molecular weight is 411 g/mol. The lowest BCUT2D eigenvalue weighted by atomic mass is 9.98. The molecule has 4 rings (SSSR count). The minimum absolute atomic E-state index is 0.0185. The van der Waals surface area contributed by atoms with Crippen LogP contribution in [0, 0.1) is 5.92 Å². The molecule has 0 saturated heterocycles. The second-order valence-corrected chi connectivity index (χ2v) is 8.23. The van der Waals surface area contributed by atoms with Crippen molar-refractivity contribution < 1.29 is 4.79 Å². The van der Waals surface area contributed by atoms with Gasteiger partial charge < -0.3 is 5.32 Å². The van der Waals surface area contributed by atoms with Crippen LogP contribution in [0.4, 0.5) is 0 Å². The third kappa shape index (κ3) is 4.61. The fourth-order valence-corrected chi connectivity index (χ4v) is 4.23. The van der Waals surface area contributed by atoms with E-state index in [2.05, 4.69) is 43.4 Å². The van der Waals surface area contributed by atoms with Gasteiger partial charge in [0.05, 0.1) is 16.8 Å². The summed E-state index contributed by atoms with van der Waals surface area (Å²) in [6, 6.07) is 24.4. The van der Waals surface area contributed by atoms with Gasteiger partial charge in [-0.05, 0) is 35.2 Å². The van der Waals surface area contributed by atoms with Crippen LogP contribution in [0.2, 0.25) is 0 Å². The molecular formula is C28H30N2O. The Morgan fingerprint density at radius 2 is 1.68 bits per heavy atom. The molecule has 0 unspecified atom stereocenters. The third-order valence-electron chi connectivity index (χ3n) is 6.12. The molecule has 3 aromatic carbocycles.